The molecule has 0 aromatic rings. The lowest BCUT2D eigenvalue weighted by atomic mass is 9.96. The van der Waals surface area contributed by atoms with Crippen molar-refractivity contribution >= 4 is 11.8 Å². The summed E-state index contributed by atoms with van der Waals surface area (Å²) < 4.78 is 0. The van der Waals surface area contributed by atoms with Crippen molar-refractivity contribution in [2.45, 2.75) is 39.5 Å². The number of nitrogens with zero attached hydrogens (tertiary/aromatic N) is 2. The maximum absolute atomic E-state index is 12.2. The van der Waals surface area contributed by atoms with Crippen molar-refractivity contribution in [3.63, 3.8) is 0 Å². The molecule has 3 N–H and O–H groups in total. The molecular formula is C14H28N4O2. The minimum Gasteiger partial charge on any atom is -0.342 e. The van der Waals surface area contributed by atoms with Crippen molar-refractivity contribution in [1.82, 2.24) is 15.2 Å². The molecule has 0 saturated carbocycles. The number of hydrogen-bond acceptors (Lipinski definition) is 4. The third-order valence-corrected chi connectivity index (χ3v) is 3.99. The Bertz CT molecular complexity index is 314. The standard InChI is InChI=1S/C14H28N4O2/c1-3-5-8-17(4-2)11-13(19)18-9-6-12(7-10-18)14(20)16-15/h12H,3-11,15H2,1-2H3,(H,16,20). The summed E-state index contributed by atoms with van der Waals surface area (Å²) in [5, 5.41) is 0. The highest BCUT2D eigenvalue weighted by molar-refractivity contribution is 5.80. The first-order valence-electron chi connectivity index (χ1n) is 7.62. The van der Waals surface area contributed by atoms with Gasteiger partial charge in [0.2, 0.25) is 11.8 Å². The second-order valence-electron chi connectivity index (χ2n) is 5.39. The van der Waals surface area contributed by atoms with Crippen molar-refractivity contribution < 1.29 is 9.59 Å². The van der Waals surface area contributed by atoms with Crippen LogP contribution in [0, 0.1) is 5.92 Å². The summed E-state index contributed by atoms with van der Waals surface area (Å²) in [6.07, 6.45) is 3.68. The van der Waals surface area contributed by atoms with Gasteiger partial charge in [0.15, 0.2) is 0 Å². The van der Waals surface area contributed by atoms with Crippen LogP contribution in [0.3, 0.4) is 0 Å². The van der Waals surface area contributed by atoms with Gasteiger partial charge in [-0.3, -0.25) is 19.9 Å². The molecular weight excluding hydrogens is 256 g/mol. The van der Waals surface area contributed by atoms with Crippen LogP contribution in [-0.2, 0) is 9.59 Å². The molecule has 0 radical (unpaired) electrons. The van der Waals surface area contributed by atoms with Crippen molar-refractivity contribution in [2.24, 2.45) is 11.8 Å². The van der Waals surface area contributed by atoms with Crippen LogP contribution in [0.1, 0.15) is 39.5 Å². The molecule has 1 rings (SSSR count). The number of amides is 2. The summed E-state index contributed by atoms with van der Waals surface area (Å²) in [5.74, 6) is 5.15. The van der Waals surface area contributed by atoms with Gasteiger partial charge < -0.3 is 4.90 Å². The Labute approximate surface area is 121 Å². The fourth-order valence-corrected chi connectivity index (χ4v) is 2.53. The van der Waals surface area contributed by atoms with Gasteiger partial charge in [-0.25, -0.2) is 5.84 Å². The Morgan fingerprint density at radius 1 is 1.30 bits per heavy atom. The maximum Gasteiger partial charge on any atom is 0.237 e. The molecule has 0 unspecified atom stereocenters. The highest BCUT2D eigenvalue weighted by atomic mass is 16.2. The zero-order valence-electron chi connectivity index (χ0n) is 12.7. The molecule has 116 valence electrons. The number of hydrogen-bond donors (Lipinski definition) is 2. The fourth-order valence-electron chi connectivity index (χ4n) is 2.53. The van der Waals surface area contributed by atoms with Crippen LogP contribution >= 0.6 is 0 Å². The average molecular weight is 284 g/mol. The minimum atomic E-state index is -0.116. The van der Waals surface area contributed by atoms with E-state index in [1.807, 2.05) is 4.90 Å². The molecule has 1 heterocycles. The number of carbonyl (C=O) groups is 2. The quantitative estimate of drug-likeness (QED) is 0.401. The molecule has 0 aromatic carbocycles. The van der Waals surface area contributed by atoms with E-state index in [2.05, 4.69) is 24.2 Å². The molecule has 6 nitrogen and oxygen atoms in total. The van der Waals surface area contributed by atoms with E-state index in [-0.39, 0.29) is 17.7 Å². The van der Waals surface area contributed by atoms with Crippen LogP contribution in [0.4, 0.5) is 0 Å². The van der Waals surface area contributed by atoms with E-state index in [1.165, 1.54) is 0 Å². The smallest absolute Gasteiger partial charge is 0.237 e. The highest BCUT2D eigenvalue weighted by Gasteiger charge is 2.27. The van der Waals surface area contributed by atoms with Crippen molar-refractivity contribution in [1.29, 1.82) is 0 Å². The van der Waals surface area contributed by atoms with E-state index >= 15 is 0 Å². The number of nitrogens with one attached hydrogen (secondary N) is 1. The second-order valence-corrected chi connectivity index (χ2v) is 5.39. The molecule has 1 aliphatic rings. The summed E-state index contributed by atoms with van der Waals surface area (Å²) in [7, 11) is 0. The predicted molar refractivity (Wildman–Crippen MR) is 78.7 cm³/mol. The van der Waals surface area contributed by atoms with E-state index in [0.29, 0.717) is 32.5 Å². The third kappa shape index (κ3) is 5.09. The molecule has 0 spiro atoms. The van der Waals surface area contributed by atoms with Gasteiger partial charge in [0.05, 0.1) is 6.54 Å². The molecule has 1 saturated heterocycles. The number of rotatable bonds is 7. The van der Waals surface area contributed by atoms with Gasteiger partial charge in [0.25, 0.3) is 0 Å². The van der Waals surface area contributed by atoms with Crippen LogP contribution in [0.2, 0.25) is 0 Å². The number of hydrazine groups is 1. The molecule has 0 bridgehead atoms. The maximum atomic E-state index is 12.2. The summed E-state index contributed by atoms with van der Waals surface area (Å²) in [4.78, 5) is 27.7. The van der Waals surface area contributed by atoms with Crippen molar-refractivity contribution in [3.8, 4) is 0 Å². The van der Waals surface area contributed by atoms with E-state index in [4.69, 9.17) is 5.84 Å². The van der Waals surface area contributed by atoms with Gasteiger partial charge in [-0.1, -0.05) is 20.3 Å². The van der Waals surface area contributed by atoms with Gasteiger partial charge in [0, 0.05) is 19.0 Å². The molecule has 0 atom stereocenters. The number of nitrogens with two attached hydrogens (primary N) is 1. The SMILES string of the molecule is CCCCN(CC)CC(=O)N1CCC(C(=O)NN)CC1. The van der Waals surface area contributed by atoms with Gasteiger partial charge in [0.1, 0.15) is 0 Å². The topological polar surface area (TPSA) is 78.7 Å². The van der Waals surface area contributed by atoms with E-state index in [1.54, 1.807) is 0 Å². The van der Waals surface area contributed by atoms with Gasteiger partial charge in [-0.2, -0.15) is 0 Å². The van der Waals surface area contributed by atoms with Crippen LogP contribution in [0.5, 0.6) is 0 Å². The van der Waals surface area contributed by atoms with Crippen molar-refractivity contribution in [3.05, 3.63) is 0 Å². The van der Waals surface area contributed by atoms with Gasteiger partial charge in [-0.15, -0.1) is 0 Å². The van der Waals surface area contributed by atoms with Crippen LogP contribution in [0.25, 0.3) is 0 Å². The summed E-state index contributed by atoms with van der Waals surface area (Å²) in [6, 6.07) is 0. The molecule has 0 aliphatic carbocycles. The summed E-state index contributed by atoms with van der Waals surface area (Å²) in [5.41, 5.74) is 2.19. The Morgan fingerprint density at radius 3 is 2.45 bits per heavy atom. The summed E-state index contributed by atoms with van der Waals surface area (Å²) in [6.45, 7) is 7.92. The largest absolute Gasteiger partial charge is 0.342 e. The number of unbranched alkanes of at least 4 members (excludes halogenated alkanes) is 1. The Kier molecular flexibility index (Phi) is 7.54. The molecule has 1 aliphatic heterocycles. The van der Waals surface area contributed by atoms with E-state index in [0.717, 1.165) is 25.9 Å². The Morgan fingerprint density at radius 2 is 1.95 bits per heavy atom. The van der Waals surface area contributed by atoms with E-state index in [9.17, 15) is 9.59 Å². The lowest BCUT2D eigenvalue weighted by Gasteiger charge is -2.32. The zero-order valence-corrected chi connectivity index (χ0v) is 12.7. The fraction of sp³-hybridized carbons (Fsp3) is 0.857. The van der Waals surface area contributed by atoms with Crippen LogP contribution in [0.15, 0.2) is 0 Å². The van der Waals surface area contributed by atoms with Gasteiger partial charge >= 0.3 is 0 Å². The monoisotopic (exact) mass is 284 g/mol. The van der Waals surface area contributed by atoms with Crippen molar-refractivity contribution in [2.75, 3.05) is 32.7 Å². The number of carbonyl (C=O) groups excluding carboxylic acids is 2. The first-order valence-corrected chi connectivity index (χ1v) is 7.62. The third-order valence-electron chi connectivity index (χ3n) is 3.99. The van der Waals surface area contributed by atoms with Gasteiger partial charge in [-0.05, 0) is 32.4 Å². The van der Waals surface area contributed by atoms with Crippen LogP contribution < -0.4 is 11.3 Å². The summed E-state index contributed by atoms with van der Waals surface area (Å²) >= 11 is 0. The first kappa shape index (κ1) is 16.9. The molecule has 6 heteroatoms. The molecule has 2 amide bonds. The Balaban J connectivity index is 2.36. The zero-order chi connectivity index (χ0) is 15.0. The van der Waals surface area contributed by atoms with Crippen LogP contribution in [-0.4, -0.2) is 54.3 Å². The second kappa shape index (κ2) is 8.92. The lowest BCUT2D eigenvalue weighted by molar-refractivity contribution is -0.136. The molecule has 1 fully saturated rings. The number of piperidine rings is 1. The number of likely N-dealkylation sites (tertiary alicyclic amines) is 1. The van der Waals surface area contributed by atoms with E-state index < -0.39 is 0 Å². The average Bonchev–Trinajstić information content (AvgIpc) is 2.50. The molecule has 0 aromatic heterocycles. The first-order chi connectivity index (χ1) is 9.62. The number of likely N-dealkylation sites (N-methyl/N-ethyl adjacent to an activating group) is 1. The lowest BCUT2D eigenvalue weighted by Crippen LogP contribution is -2.47. The normalized spacial score (nSPS) is 16.5. The predicted octanol–water partition coefficient (Wildman–Crippen LogP) is 0.337. The Hall–Kier alpha value is -1.14. The highest BCUT2D eigenvalue weighted by Crippen LogP contribution is 2.17. The minimum absolute atomic E-state index is 0.0496. The molecule has 20 heavy (non-hydrogen) atoms.